The fourth-order valence-corrected chi connectivity index (χ4v) is 1.21. The summed E-state index contributed by atoms with van der Waals surface area (Å²) < 4.78 is 4.49. The molecule has 0 rings (SSSR count). The first-order valence-electron chi connectivity index (χ1n) is 5.09. The van der Waals surface area contributed by atoms with Crippen LogP contribution >= 0.6 is 0 Å². The predicted octanol–water partition coefficient (Wildman–Crippen LogP) is 1.50. The van der Waals surface area contributed by atoms with E-state index in [2.05, 4.69) is 11.3 Å². The molecule has 0 fully saturated rings. The summed E-state index contributed by atoms with van der Waals surface area (Å²) in [5, 5.41) is 17.4. The molecule has 0 atom stereocenters. The van der Waals surface area contributed by atoms with Crippen molar-refractivity contribution in [3.8, 4) is 0 Å². The fourth-order valence-electron chi connectivity index (χ4n) is 1.21. The number of hydrogen-bond donors (Lipinski definition) is 2. The predicted molar refractivity (Wildman–Crippen MR) is 62.6 cm³/mol. The molecule has 98 valence electrons. The molecule has 2 N–H and O–H groups in total. The molecule has 0 aromatic rings. The van der Waals surface area contributed by atoms with Crippen molar-refractivity contribution < 1.29 is 29.3 Å². The number of carboxylic acids is 2. The quantitative estimate of drug-likeness (QED) is 0.309. The number of carboxylic acid groups (broad SMARTS) is 2. The maximum absolute atomic E-state index is 11.2. The Hall–Kier alpha value is -2.37. The van der Waals surface area contributed by atoms with E-state index in [-0.39, 0.29) is 24.0 Å². The minimum Gasteiger partial charge on any atom is -0.478 e. The van der Waals surface area contributed by atoms with Crippen LogP contribution in [-0.4, -0.2) is 28.1 Å². The van der Waals surface area contributed by atoms with Gasteiger partial charge in [-0.3, -0.25) is 4.79 Å². The zero-order valence-electron chi connectivity index (χ0n) is 9.88. The van der Waals surface area contributed by atoms with Gasteiger partial charge in [-0.1, -0.05) is 13.5 Å². The second-order valence-corrected chi connectivity index (χ2v) is 3.18. The van der Waals surface area contributed by atoms with Crippen LogP contribution in [0.3, 0.4) is 0 Å². The molecule has 0 aliphatic rings. The van der Waals surface area contributed by atoms with Crippen molar-refractivity contribution in [2.24, 2.45) is 0 Å². The average Bonchev–Trinajstić information content (AvgIpc) is 2.27. The summed E-state index contributed by atoms with van der Waals surface area (Å²) in [5.74, 6) is -3.21. The number of esters is 1. The SMILES string of the molecule is C=COC(=O)CC(CC)=C(C=CC(=O)O)C(=O)O. The van der Waals surface area contributed by atoms with Gasteiger partial charge in [0.1, 0.15) is 0 Å². The van der Waals surface area contributed by atoms with E-state index in [1.165, 1.54) is 0 Å². The smallest absolute Gasteiger partial charge is 0.335 e. The maximum Gasteiger partial charge on any atom is 0.335 e. The molecular weight excluding hydrogens is 240 g/mol. The summed E-state index contributed by atoms with van der Waals surface area (Å²) in [5.41, 5.74) is 0.0627. The van der Waals surface area contributed by atoms with Gasteiger partial charge in [-0.15, -0.1) is 0 Å². The molecule has 0 aromatic heterocycles. The molecule has 0 amide bonds. The number of ether oxygens (including phenoxy) is 1. The molecule has 0 aliphatic heterocycles. The molecule has 0 heterocycles. The number of carbonyl (C=O) groups excluding carboxylic acids is 1. The molecule has 0 saturated heterocycles. The standard InChI is InChI=1S/C12H14O6/c1-3-8(7-11(15)18-4-2)9(12(16)17)5-6-10(13)14/h4-6H,2-3,7H2,1H3,(H,13,14)(H,16,17). The highest BCUT2D eigenvalue weighted by Crippen LogP contribution is 2.16. The maximum atomic E-state index is 11.2. The zero-order chi connectivity index (χ0) is 14.1. The molecule has 0 radical (unpaired) electrons. The van der Waals surface area contributed by atoms with Crippen molar-refractivity contribution in [3.63, 3.8) is 0 Å². The fraction of sp³-hybridized carbons (Fsp3) is 0.250. The average molecular weight is 254 g/mol. The van der Waals surface area contributed by atoms with Crippen molar-refractivity contribution >= 4 is 17.9 Å². The van der Waals surface area contributed by atoms with Crippen molar-refractivity contribution in [2.45, 2.75) is 19.8 Å². The van der Waals surface area contributed by atoms with Gasteiger partial charge in [0.25, 0.3) is 0 Å². The van der Waals surface area contributed by atoms with Crippen LogP contribution in [0.4, 0.5) is 0 Å². The largest absolute Gasteiger partial charge is 0.478 e. The Labute approximate surface area is 104 Å². The topological polar surface area (TPSA) is 101 Å². The lowest BCUT2D eigenvalue weighted by Gasteiger charge is -2.06. The van der Waals surface area contributed by atoms with Gasteiger partial charge < -0.3 is 14.9 Å². The second-order valence-electron chi connectivity index (χ2n) is 3.18. The number of carbonyl (C=O) groups is 3. The first-order valence-corrected chi connectivity index (χ1v) is 5.09. The van der Waals surface area contributed by atoms with E-state index in [1.807, 2.05) is 0 Å². The third kappa shape index (κ3) is 5.64. The van der Waals surface area contributed by atoms with Crippen LogP contribution in [0.5, 0.6) is 0 Å². The van der Waals surface area contributed by atoms with E-state index >= 15 is 0 Å². The molecule has 6 heteroatoms. The van der Waals surface area contributed by atoms with Crippen molar-refractivity contribution in [1.82, 2.24) is 0 Å². The third-order valence-corrected chi connectivity index (χ3v) is 2.00. The van der Waals surface area contributed by atoms with E-state index in [4.69, 9.17) is 10.2 Å². The second kappa shape index (κ2) is 7.83. The normalized spacial score (nSPS) is 11.8. The Morgan fingerprint density at radius 2 is 1.83 bits per heavy atom. The number of hydrogen-bond acceptors (Lipinski definition) is 4. The van der Waals surface area contributed by atoms with Crippen molar-refractivity contribution in [3.05, 3.63) is 36.1 Å². The lowest BCUT2D eigenvalue weighted by Crippen LogP contribution is -2.08. The zero-order valence-corrected chi connectivity index (χ0v) is 9.88. The van der Waals surface area contributed by atoms with Crippen LogP contribution < -0.4 is 0 Å². The van der Waals surface area contributed by atoms with Crippen molar-refractivity contribution in [2.75, 3.05) is 0 Å². The number of rotatable bonds is 7. The Balaban J connectivity index is 5.23. The molecule has 0 bridgehead atoms. The third-order valence-electron chi connectivity index (χ3n) is 2.00. The summed E-state index contributed by atoms with van der Waals surface area (Å²) in [4.78, 5) is 32.5. The lowest BCUT2D eigenvalue weighted by molar-refractivity contribution is -0.137. The highest BCUT2D eigenvalue weighted by Gasteiger charge is 2.14. The first kappa shape index (κ1) is 15.6. The van der Waals surface area contributed by atoms with Crippen LogP contribution in [-0.2, 0) is 19.1 Å². The molecule has 0 aromatic carbocycles. The van der Waals surface area contributed by atoms with E-state index in [0.29, 0.717) is 6.08 Å². The van der Waals surface area contributed by atoms with Gasteiger partial charge in [-0.25, -0.2) is 9.59 Å². The Bertz CT molecular complexity index is 416. The summed E-state index contributed by atoms with van der Waals surface area (Å²) in [6.45, 7) is 4.87. The molecule has 0 spiro atoms. The Kier molecular flexibility index (Phi) is 6.80. The van der Waals surface area contributed by atoms with Crippen LogP contribution in [0, 0.1) is 0 Å². The molecular formula is C12H14O6. The van der Waals surface area contributed by atoms with E-state index < -0.39 is 17.9 Å². The molecule has 0 unspecified atom stereocenters. The van der Waals surface area contributed by atoms with E-state index in [0.717, 1.165) is 12.3 Å². The van der Waals surface area contributed by atoms with E-state index in [9.17, 15) is 14.4 Å². The highest BCUT2D eigenvalue weighted by atomic mass is 16.5. The van der Waals surface area contributed by atoms with Crippen LogP contribution in [0.15, 0.2) is 36.1 Å². The van der Waals surface area contributed by atoms with Gasteiger partial charge in [-0.05, 0) is 18.1 Å². The van der Waals surface area contributed by atoms with Gasteiger partial charge in [0.15, 0.2) is 0 Å². The Morgan fingerprint density at radius 3 is 2.22 bits per heavy atom. The molecule has 0 aliphatic carbocycles. The van der Waals surface area contributed by atoms with Crippen molar-refractivity contribution in [1.29, 1.82) is 0 Å². The summed E-state index contributed by atoms with van der Waals surface area (Å²) in [6, 6.07) is 0. The molecule has 6 nitrogen and oxygen atoms in total. The lowest BCUT2D eigenvalue weighted by atomic mass is 10.0. The summed E-state index contributed by atoms with van der Waals surface area (Å²) in [7, 11) is 0. The Morgan fingerprint density at radius 1 is 1.22 bits per heavy atom. The minimum absolute atomic E-state index is 0.221. The first-order chi connectivity index (χ1) is 8.42. The highest BCUT2D eigenvalue weighted by molar-refractivity contribution is 5.94. The summed E-state index contributed by atoms with van der Waals surface area (Å²) >= 11 is 0. The van der Waals surface area contributed by atoms with Gasteiger partial charge in [0.2, 0.25) is 0 Å². The minimum atomic E-state index is -1.30. The molecule has 0 saturated carbocycles. The van der Waals surface area contributed by atoms with Crippen LogP contribution in [0.25, 0.3) is 0 Å². The number of aliphatic carboxylic acids is 2. The van der Waals surface area contributed by atoms with Gasteiger partial charge in [0, 0.05) is 6.08 Å². The van der Waals surface area contributed by atoms with E-state index in [1.54, 1.807) is 6.92 Å². The monoisotopic (exact) mass is 254 g/mol. The van der Waals surface area contributed by atoms with Crippen LogP contribution in [0.1, 0.15) is 19.8 Å². The van der Waals surface area contributed by atoms with Gasteiger partial charge >= 0.3 is 17.9 Å². The van der Waals surface area contributed by atoms with Gasteiger partial charge in [0.05, 0.1) is 18.3 Å². The van der Waals surface area contributed by atoms with Crippen LogP contribution in [0.2, 0.25) is 0 Å². The summed E-state index contributed by atoms with van der Waals surface area (Å²) in [6.07, 6.45) is 2.66. The van der Waals surface area contributed by atoms with Gasteiger partial charge in [-0.2, -0.15) is 0 Å². The molecule has 18 heavy (non-hydrogen) atoms.